The maximum atomic E-state index is 13.4. The Hall–Kier alpha value is -2.24. The van der Waals surface area contributed by atoms with Crippen molar-refractivity contribution in [2.45, 2.75) is 69.2 Å². The number of nitrogens with zero attached hydrogens (tertiary/aromatic N) is 1. The van der Waals surface area contributed by atoms with E-state index in [0.29, 0.717) is 18.3 Å². The summed E-state index contributed by atoms with van der Waals surface area (Å²) in [6.45, 7) is 3.12. The molecule has 2 unspecified atom stereocenters. The second-order valence-corrected chi connectivity index (χ2v) is 12.2. The van der Waals surface area contributed by atoms with Gasteiger partial charge in [0.1, 0.15) is 6.07 Å². The van der Waals surface area contributed by atoms with Crippen LogP contribution in [0.2, 0.25) is 0 Å². The predicted molar refractivity (Wildman–Crippen MR) is 114 cm³/mol. The summed E-state index contributed by atoms with van der Waals surface area (Å²) >= 11 is 0. The Balaban J connectivity index is 1.56. The second kappa shape index (κ2) is 7.14. The van der Waals surface area contributed by atoms with Crippen LogP contribution < -0.4 is 10.5 Å². The van der Waals surface area contributed by atoms with Crippen LogP contribution in [0.1, 0.15) is 64.4 Å². The van der Waals surface area contributed by atoms with Gasteiger partial charge in [-0.3, -0.25) is 9.59 Å². The number of carbonyl (C=O) groups is 2. The summed E-state index contributed by atoms with van der Waals surface area (Å²) in [6, 6.07) is 7.81. The summed E-state index contributed by atoms with van der Waals surface area (Å²) in [5, 5.41) is 9.25. The Morgan fingerprint density at radius 3 is 2.39 bits per heavy atom. The number of benzene rings is 1. The minimum atomic E-state index is -4.06. The smallest absolute Gasteiger partial charge is 0.242 e. The van der Waals surface area contributed by atoms with E-state index in [-0.39, 0.29) is 34.0 Å². The van der Waals surface area contributed by atoms with Gasteiger partial charge in [0.15, 0.2) is 5.78 Å². The molecule has 3 N–H and O–H groups in total. The first-order chi connectivity index (χ1) is 14.4. The minimum absolute atomic E-state index is 0.0303. The third-order valence-electron chi connectivity index (χ3n) is 7.62. The van der Waals surface area contributed by atoms with Crippen LogP contribution in [0.5, 0.6) is 0 Å². The van der Waals surface area contributed by atoms with E-state index in [0.717, 1.165) is 32.1 Å². The fourth-order valence-corrected chi connectivity index (χ4v) is 8.31. The van der Waals surface area contributed by atoms with E-state index in [1.54, 1.807) is 26.0 Å². The number of Topliss-reactive ketones (excluding diaryl/α,β-unsaturated/α-hetero) is 1. The van der Waals surface area contributed by atoms with E-state index < -0.39 is 21.0 Å². The lowest BCUT2D eigenvalue weighted by molar-refractivity contribution is -0.158. The molecule has 7 nitrogen and oxygen atoms in total. The second-order valence-electron chi connectivity index (χ2n) is 10.5. The van der Waals surface area contributed by atoms with E-state index in [2.05, 4.69) is 4.72 Å². The summed E-state index contributed by atoms with van der Waals surface area (Å²) in [5.74, 6) is 0.353. The Morgan fingerprint density at radius 1 is 1.19 bits per heavy atom. The van der Waals surface area contributed by atoms with Gasteiger partial charge in [0, 0.05) is 6.42 Å². The van der Waals surface area contributed by atoms with Crippen LogP contribution in [-0.2, 0) is 19.6 Å². The van der Waals surface area contributed by atoms with Crippen LogP contribution in [0.4, 0.5) is 0 Å². The van der Waals surface area contributed by atoms with Crippen LogP contribution >= 0.6 is 0 Å². The largest absolute Gasteiger partial charge is 0.369 e. The zero-order valence-corrected chi connectivity index (χ0v) is 18.8. The average Bonchev–Trinajstić information content (AvgIpc) is 2.65. The molecule has 4 aliphatic carbocycles. The van der Waals surface area contributed by atoms with Crippen molar-refractivity contribution < 1.29 is 18.0 Å². The quantitative estimate of drug-likeness (QED) is 0.669. The van der Waals surface area contributed by atoms with Gasteiger partial charge in [0.2, 0.25) is 15.9 Å². The topological polar surface area (TPSA) is 130 Å². The summed E-state index contributed by atoms with van der Waals surface area (Å²) in [7, 11) is -4.06. The zero-order valence-electron chi connectivity index (χ0n) is 18.0. The Morgan fingerprint density at radius 2 is 1.81 bits per heavy atom. The van der Waals surface area contributed by atoms with Crippen molar-refractivity contribution in [2.75, 3.05) is 0 Å². The normalized spacial score (nSPS) is 31.9. The number of sulfonamides is 1. The van der Waals surface area contributed by atoms with Crippen molar-refractivity contribution in [2.24, 2.45) is 28.4 Å². The predicted octanol–water partition coefficient (Wildman–Crippen LogP) is 2.65. The van der Waals surface area contributed by atoms with E-state index in [1.165, 1.54) is 12.1 Å². The summed E-state index contributed by atoms with van der Waals surface area (Å²) < 4.78 is 28.4. The first kappa shape index (κ1) is 22.0. The van der Waals surface area contributed by atoms with Gasteiger partial charge in [-0.15, -0.1) is 0 Å². The van der Waals surface area contributed by atoms with Crippen LogP contribution in [0.25, 0.3) is 0 Å². The molecule has 166 valence electrons. The first-order valence-corrected chi connectivity index (χ1v) is 12.3. The molecule has 0 saturated heterocycles. The highest BCUT2D eigenvalue weighted by Crippen LogP contribution is 2.66. The monoisotopic (exact) mass is 443 g/mol. The number of primary amides is 1. The molecule has 0 heterocycles. The van der Waals surface area contributed by atoms with Gasteiger partial charge in [0.05, 0.1) is 21.4 Å². The molecule has 0 aromatic heterocycles. The third kappa shape index (κ3) is 3.79. The van der Waals surface area contributed by atoms with Gasteiger partial charge in [0.25, 0.3) is 0 Å². The van der Waals surface area contributed by atoms with Crippen molar-refractivity contribution in [3.05, 3.63) is 29.8 Å². The van der Waals surface area contributed by atoms with Crippen molar-refractivity contribution in [1.29, 1.82) is 5.26 Å². The van der Waals surface area contributed by atoms with Crippen molar-refractivity contribution in [3.63, 3.8) is 0 Å². The van der Waals surface area contributed by atoms with Crippen LogP contribution in [0.3, 0.4) is 0 Å². The SMILES string of the molecule is CC(C)(NS(=O)(=O)c1ccccc1C#N)C(=O)CC12CC3CC(C1)CC(C(N)=O)(C3)C2. The van der Waals surface area contributed by atoms with Gasteiger partial charge in [-0.1, -0.05) is 12.1 Å². The van der Waals surface area contributed by atoms with Gasteiger partial charge in [-0.2, -0.15) is 9.98 Å². The number of rotatable bonds is 7. The van der Waals surface area contributed by atoms with Gasteiger partial charge >= 0.3 is 0 Å². The van der Waals surface area contributed by atoms with Gasteiger partial charge in [-0.05, 0) is 81.8 Å². The Labute approximate surface area is 183 Å². The molecule has 1 aromatic rings. The molecule has 0 radical (unpaired) electrons. The molecule has 31 heavy (non-hydrogen) atoms. The van der Waals surface area contributed by atoms with Crippen LogP contribution in [0.15, 0.2) is 29.2 Å². The first-order valence-electron chi connectivity index (χ1n) is 10.8. The van der Waals surface area contributed by atoms with E-state index in [9.17, 15) is 23.3 Å². The summed E-state index contributed by atoms with van der Waals surface area (Å²) in [4.78, 5) is 25.5. The number of ketones is 1. The average molecular weight is 444 g/mol. The highest BCUT2D eigenvalue weighted by molar-refractivity contribution is 7.89. The maximum Gasteiger partial charge on any atom is 0.242 e. The lowest BCUT2D eigenvalue weighted by Crippen LogP contribution is -2.58. The molecule has 0 aliphatic heterocycles. The molecule has 2 atom stereocenters. The van der Waals surface area contributed by atoms with E-state index in [4.69, 9.17) is 5.73 Å². The third-order valence-corrected chi connectivity index (χ3v) is 9.34. The Bertz CT molecular complexity index is 1070. The van der Waals surface area contributed by atoms with Gasteiger partial charge < -0.3 is 5.73 Å². The maximum absolute atomic E-state index is 13.4. The molecule has 4 saturated carbocycles. The molecule has 0 spiro atoms. The fourth-order valence-electron chi connectivity index (χ4n) is 6.75. The highest BCUT2D eigenvalue weighted by Gasteiger charge is 2.60. The Kier molecular flexibility index (Phi) is 5.06. The van der Waals surface area contributed by atoms with Gasteiger partial charge in [-0.25, -0.2) is 8.42 Å². The summed E-state index contributed by atoms with van der Waals surface area (Å²) in [5.41, 5.74) is 3.69. The number of hydrogen-bond acceptors (Lipinski definition) is 5. The lowest BCUT2D eigenvalue weighted by Gasteiger charge is -2.61. The number of nitriles is 1. The van der Waals surface area contributed by atoms with Crippen LogP contribution in [-0.4, -0.2) is 25.6 Å². The molecule has 4 aliphatic rings. The molecule has 5 rings (SSSR count). The molecule has 8 heteroatoms. The molecular weight excluding hydrogens is 414 g/mol. The van der Waals surface area contributed by atoms with E-state index in [1.807, 2.05) is 6.07 Å². The number of amides is 1. The number of carbonyl (C=O) groups excluding carboxylic acids is 2. The molecule has 4 fully saturated rings. The fraction of sp³-hybridized carbons (Fsp3) is 0.609. The molecular formula is C23H29N3O4S. The number of nitrogens with two attached hydrogens (primary N) is 1. The number of nitrogens with one attached hydrogen (secondary N) is 1. The highest BCUT2D eigenvalue weighted by atomic mass is 32.2. The minimum Gasteiger partial charge on any atom is -0.369 e. The van der Waals surface area contributed by atoms with Crippen LogP contribution in [0, 0.1) is 34.0 Å². The summed E-state index contributed by atoms with van der Waals surface area (Å²) in [6.07, 6.45) is 5.35. The lowest BCUT2D eigenvalue weighted by atomic mass is 9.43. The van der Waals surface area contributed by atoms with Crippen molar-refractivity contribution >= 4 is 21.7 Å². The zero-order chi connectivity index (χ0) is 22.7. The number of hydrogen-bond donors (Lipinski definition) is 2. The molecule has 1 aromatic carbocycles. The molecule has 1 amide bonds. The molecule has 4 bridgehead atoms. The standard InChI is InChI=1S/C23H29N3O4S/c1-21(2,26-31(29,30)18-6-4-3-5-17(18)13-24)19(27)12-22-8-15-7-16(9-22)11-23(10-15,14-22)20(25)28/h3-6,15-16,26H,7-12,14H2,1-2H3,(H2,25,28). The van der Waals surface area contributed by atoms with Crippen molar-refractivity contribution in [1.82, 2.24) is 4.72 Å². The van der Waals surface area contributed by atoms with E-state index >= 15 is 0 Å². The van der Waals surface area contributed by atoms with Crippen molar-refractivity contribution in [3.8, 4) is 6.07 Å².